The Labute approximate surface area is 210 Å². The number of esters is 1. The third-order valence-corrected chi connectivity index (χ3v) is 7.29. The number of hydrogen-bond donors (Lipinski definition) is 1. The van der Waals surface area contributed by atoms with Crippen molar-refractivity contribution in [2.75, 3.05) is 17.7 Å². The monoisotopic (exact) mass is 524 g/mol. The number of rotatable bonds is 9. The van der Waals surface area contributed by atoms with Crippen LogP contribution in [0.2, 0.25) is 10.0 Å². The number of hydrogen-bond acceptors (Lipinski definition) is 7. The van der Waals surface area contributed by atoms with Gasteiger partial charge in [0, 0.05) is 22.0 Å². The molecule has 3 aromatic rings. The smallest absolute Gasteiger partial charge is 0.341 e. The summed E-state index contributed by atoms with van der Waals surface area (Å²) in [4.78, 5) is 26.0. The molecule has 1 aromatic carbocycles. The molecule has 174 valence electrons. The highest BCUT2D eigenvalue weighted by atomic mass is 35.5. The second kappa shape index (κ2) is 11.2. The van der Waals surface area contributed by atoms with Gasteiger partial charge in [0.15, 0.2) is 11.0 Å². The van der Waals surface area contributed by atoms with Crippen LogP contribution in [0.3, 0.4) is 0 Å². The highest BCUT2D eigenvalue weighted by molar-refractivity contribution is 7.99. The number of allylic oxidation sites excluding steroid dienone is 1. The molecule has 1 amide bonds. The lowest BCUT2D eigenvalue weighted by atomic mass is 10.1. The number of ether oxygens (including phenoxy) is 1. The topological polar surface area (TPSA) is 86.1 Å². The second-order valence-electron chi connectivity index (χ2n) is 6.87. The Balaban J connectivity index is 1.77. The van der Waals surface area contributed by atoms with Crippen LogP contribution in [0.25, 0.3) is 11.4 Å². The summed E-state index contributed by atoms with van der Waals surface area (Å²) >= 11 is 14.9. The average molecular weight is 525 g/mol. The first-order valence-electron chi connectivity index (χ1n) is 9.96. The van der Waals surface area contributed by atoms with E-state index >= 15 is 0 Å². The number of thioether (sulfide) groups is 1. The van der Waals surface area contributed by atoms with E-state index in [0.717, 1.165) is 10.4 Å². The predicted molar refractivity (Wildman–Crippen MR) is 135 cm³/mol. The molecule has 2 aromatic heterocycles. The van der Waals surface area contributed by atoms with Crippen molar-refractivity contribution < 1.29 is 14.3 Å². The maximum Gasteiger partial charge on any atom is 0.341 e. The molecule has 33 heavy (non-hydrogen) atoms. The highest BCUT2D eigenvalue weighted by Crippen LogP contribution is 2.34. The van der Waals surface area contributed by atoms with E-state index in [1.165, 1.54) is 23.1 Å². The summed E-state index contributed by atoms with van der Waals surface area (Å²) in [5, 5.41) is 13.3. The average Bonchev–Trinajstić information content (AvgIpc) is 3.27. The number of amides is 1. The molecule has 0 saturated carbocycles. The molecule has 0 bridgehead atoms. The van der Waals surface area contributed by atoms with Crippen LogP contribution >= 0.6 is 46.3 Å². The standard InChI is InChI=1S/C22H22Cl2N4O3S2/c1-5-9-28-19(15-8-7-14(23)10-16(15)24)26-27-22(28)32-11-17(29)25-20-18(21(30)31-6-2)12(3)13(4)33-20/h5,7-8,10H,1,6,9,11H2,2-4H3,(H,25,29). The fourth-order valence-corrected chi connectivity index (χ4v) is 5.32. The zero-order valence-corrected chi connectivity index (χ0v) is 21.4. The SMILES string of the molecule is C=CCn1c(SCC(=O)Nc2sc(C)c(C)c2C(=O)OCC)nnc1-c1ccc(Cl)cc1Cl. The van der Waals surface area contributed by atoms with Gasteiger partial charge in [-0.05, 0) is 44.5 Å². The number of carbonyl (C=O) groups is 2. The Morgan fingerprint density at radius 2 is 2.06 bits per heavy atom. The summed E-state index contributed by atoms with van der Waals surface area (Å²) in [5.74, 6) is -0.0980. The minimum Gasteiger partial charge on any atom is -0.462 e. The van der Waals surface area contributed by atoms with Crippen LogP contribution in [0.4, 0.5) is 5.00 Å². The number of nitrogens with one attached hydrogen (secondary N) is 1. The highest BCUT2D eigenvalue weighted by Gasteiger charge is 2.23. The Kier molecular flexibility index (Phi) is 8.58. The van der Waals surface area contributed by atoms with E-state index in [1.54, 1.807) is 31.2 Å². The zero-order valence-electron chi connectivity index (χ0n) is 18.3. The Morgan fingerprint density at radius 1 is 1.30 bits per heavy atom. The van der Waals surface area contributed by atoms with E-state index in [-0.39, 0.29) is 18.3 Å². The second-order valence-corrected chi connectivity index (χ2v) is 9.89. The first-order valence-corrected chi connectivity index (χ1v) is 12.5. The summed E-state index contributed by atoms with van der Waals surface area (Å²) in [5.41, 5.74) is 1.87. The molecule has 0 radical (unpaired) electrons. The van der Waals surface area contributed by atoms with E-state index in [4.69, 9.17) is 27.9 Å². The van der Waals surface area contributed by atoms with E-state index in [2.05, 4.69) is 22.1 Å². The van der Waals surface area contributed by atoms with Crippen molar-refractivity contribution >= 4 is 63.2 Å². The molecule has 2 heterocycles. The maximum atomic E-state index is 12.7. The fourth-order valence-electron chi connectivity index (χ4n) is 3.02. The van der Waals surface area contributed by atoms with Crippen LogP contribution in [0.15, 0.2) is 36.0 Å². The van der Waals surface area contributed by atoms with Crippen molar-refractivity contribution in [2.24, 2.45) is 0 Å². The first kappa shape index (κ1) is 25.3. The number of thiophene rings is 1. The number of aromatic nitrogens is 3. The van der Waals surface area contributed by atoms with Gasteiger partial charge in [0.2, 0.25) is 5.91 Å². The van der Waals surface area contributed by atoms with Crippen molar-refractivity contribution in [3.05, 3.63) is 56.9 Å². The minimum absolute atomic E-state index is 0.0713. The van der Waals surface area contributed by atoms with E-state index in [1.807, 2.05) is 18.4 Å². The lowest BCUT2D eigenvalue weighted by Gasteiger charge is -2.09. The lowest BCUT2D eigenvalue weighted by Crippen LogP contribution is -2.17. The van der Waals surface area contributed by atoms with Crippen molar-refractivity contribution in [2.45, 2.75) is 32.5 Å². The van der Waals surface area contributed by atoms with Crippen molar-refractivity contribution in [3.63, 3.8) is 0 Å². The van der Waals surface area contributed by atoms with Gasteiger partial charge in [-0.3, -0.25) is 9.36 Å². The fraction of sp³-hybridized carbons (Fsp3) is 0.273. The Morgan fingerprint density at radius 3 is 2.73 bits per heavy atom. The maximum absolute atomic E-state index is 12.7. The molecule has 0 aliphatic rings. The third kappa shape index (κ3) is 5.78. The van der Waals surface area contributed by atoms with Gasteiger partial charge in [-0.1, -0.05) is 41.0 Å². The number of carbonyl (C=O) groups excluding carboxylic acids is 2. The molecule has 0 unspecified atom stereocenters. The van der Waals surface area contributed by atoms with Gasteiger partial charge >= 0.3 is 5.97 Å². The number of benzene rings is 1. The van der Waals surface area contributed by atoms with Gasteiger partial charge in [-0.2, -0.15) is 0 Å². The molecule has 0 aliphatic carbocycles. The number of nitrogens with zero attached hydrogens (tertiary/aromatic N) is 3. The number of anilines is 1. The van der Waals surface area contributed by atoms with Crippen LogP contribution in [0, 0.1) is 13.8 Å². The number of aryl methyl sites for hydroxylation is 1. The van der Waals surface area contributed by atoms with Crippen molar-refractivity contribution in [1.29, 1.82) is 0 Å². The van der Waals surface area contributed by atoms with E-state index < -0.39 is 5.97 Å². The molecule has 7 nitrogen and oxygen atoms in total. The van der Waals surface area contributed by atoms with Gasteiger partial charge in [0.25, 0.3) is 0 Å². The normalized spacial score (nSPS) is 10.8. The minimum atomic E-state index is -0.447. The molecule has 3 rings (SSSR count). The van der Waals surface area contributed by atoms with Gasteiger partial charge in [-0.25, -0.2) is 4.79 Å². The van der Waals surface area contributed by atoms with Crippen LogP contribution in [0.5, 0.6) is 0 Å². The van der Waals surface area contributed by atoms with Gasteiger partial charge < -0.3 is 10.1 Å². The van der Waals surface area contributed by atoms with Gasteiger partial charge in [0.1, 0.15) is 5.00 Å². The molecule has 1 N–H and O–H groups in total. The molecule has 0 spiro atoms. The van der Waals surface area contributed by atoms with Crippen LogP contribution in [-0.2, 0) is 16.1 Å². The van der Waals surface area contributed by atoms with Crippen molar-refractivity contribution in [3.8, 4) is 11.4 Å². The van der Waals surface area contributed by atoms with Gasteiger partial charge in [-0.15, -0.1) is 28.1 Å². The summed E-state index contributed by atoms with van der Waals surface area (Å²) in [6.45, 7) is 9.96. The van der Waals surface area contributed by atoms with Crippen molar-refractivity contribution in [1.82, 2.24) is 14.8 Å². The molecule has 11 heteroatoms. The Hall–Kier alpha value is -2.33. The van der Waals surface area contributed by atoms with Crippen LogP contribution in [-0.4, -0.2) is 39.0 Å². The summed E-state index contributed by atoms with van der Waals surface area (Å²) in [7, 11) is 0. The Bertz CT molecular complexity index is 1210. The molecular weight excluding hydrogens is 503 g/mol. The third-order valence-electron chi connectivity index (χ3n) is 4.65. The first-order chi connectivity index (χ1) is 15.8. The summed E-state index contributed by atoms with van der Waals surface area (Å²) < 4.78 is 6.96. The summed E-state index contributed by atoms with van der Waals surface area (Å²) in [6.07, 6.45) is 1.71. The predicted octanol–water partition coefficient (Wildman–Crippen LogP) is 6.02. The largest absolute Gasteiger partial charge is 0.462 e. The molecular formula is C22H22Cl2N4O3S2. The molecule has 0 saturated heterocycles. The summed E-state index contributed by atoms with van der Waals surface area (Å²) in [6, 6.07) is 5.13. The van der Waals surface area contributed by atoms with E-state index in [0.29, 0.717) is 43.7 Å². The zero-order chi connectivity index (χ0) is 24.1. The molecule has 0 aliphatic heterocycles. The van der Waals surface area contributed by atoms with Crippen LogP contribution < -0.4 is 5.32 Å². The molecule has 0 atom stereocenters. The molecule has 0 fully saturated rings. The van der Waals surface area contributed by atoms with E-state index in [9.17, 15) is 9.59 Å². The quantitative estimate of drug-likeness (QED) is 0.209. The lowest BCUT2D eigenvalue weighted by molar-refractivity contribution is -0.113. The van der Waals surface area contributed by atoms with Gasteiger partial charge in [0.05, 0.1) is 22.9 Å². The van der Waals surface area contributed by atoms with Crippen LogP contribution in [0.1, 0.15) is 27.7 Å². The number of halogens is 2.